The van der Waals surface area contributed by atoms with Gasteiger partial charge in [0, 0.05) is 13.6 Å². The molecule has 18 heavy (non-hydrogen) atoms. The summed E-state index contributed by atoms with van der Waals surface area (Å²) in [5, 5.41) is 8.65. The second-order valence-corrected chi connectivity index (χ2v) is 4.67. The van der Waals surface area contributed by atoms with Crippen LogP contribution in [0.5, 0.6) is 0 Å². The van der Waals surface area contributed by atoms with Crippen LogP contribution in [0.1, 0.15) is 32.6 Å². The van der Waals surface area contributed by atoms with E-state index in [1.54, 1.807) is 10.9 Å². The summed E-state index contributed by atoms with van der Waals surface area (Å²) < 4.78 is 1.70. The van der Waals surface area contributed by atoms with Gasteiger partial charge in [0.15, 0.2) is 5.65 Å². The number of hydrogen-bond donors (Lipinski definition) is 1. The van der Waals surface area contributed by atoms with Gasteiger partial charge in [0.2, 0.25) is 5.28 Å². The average Bonchev–Trinajstić information content (AvgIpc) is 2.71. The highest BCUT2D eigenvalue weighted by molar-refractivity contribution is 6.28. The highest BCUT2D eigenvalue weighted by Crippen LogP contribution is 2.21. The number of anilines is 1. The van der Waals surface area contributed by atoms with Crippen LogP contribution >= 0.6 is 11.6 Å². The van der Waals surface area contributed by atoms with Gasteiger partial charge in [-0.15, -0.1) is 0 Å². The fourth-order valence-corrected chi connectivity index (χ4v) is 2.05. The average molecular weight is 268 g/mol. The quantitative estimate of drug-likeness (QED) is 0.646. The lowest BCUT2D eigenvalue weighted by atomic mass is 10.2. The summed E-state index contributed by atoms with van der Waals surface area (Å²) in [6.07, 6.45) is 6.65. The zero-order valence-electron chi connectivity index (χ0n) is 10.8. The first-order valence-corrected chi connectivity index (χ1v) is 6.69. The fourth-order valence-electron chi connectivity index (χ4n) is 1.89. The Bertz CT molecular complexity index is 522. The summed E-state index contributed by atoms with van der Waals surface area (Å²) in [5.74, 6) is 0.773. The molecule has 0 radical (unpaired) electrons. The normalized spacial score (nSPS) is 11.1. The van der Waals surface area contributed by atoms with Gasteiger partial charge in [0.1, 0.15) is 5.82 Å². The number of aryl methyl sites for hydroxylation is 1. The fraction of sp³-hybridized carbons (Fsp3) is 0.583. The van der Waals surface area contributed by atoms with E-state index in [1.165, 1.54) is 19.3 Å². The highest BCUT2D eigenvalue weighted by atomic mass is 35.5. The first kappa shape index (κ1) is 13.1. The van der Waals surface area contributed by atoms with Crippen molar-refractivity contribution in [3.05, 3.63) is 11.5 Å². The number of halogens is 1. The summed E-state index contributed by atoms with van der Waals surface area (Å²) in [6, 6.07) is 0. The van der Waals surface area contributed by atoms with Crippen LogP contribution in [0, 0.1) is 0 Å². The number of nitrogens with one attached hydrogen (secondary N) is 1. The first-order valence-electron chi connectivity index (χ1n) is 6.31. The molecule has 0 atom stereocenters. The van der Waals surface area contributed by atoms with Gasteiger partial charge >= 0.3 is 0 Å². The molecule has 2 rings (SSSR count). The van der Waals surface area contributed by atoms with Crippen molar-refractivity contribution in [3.8, 4) is 0 Å². The zero-order valence-corrected chi connectivity index (χ0v) is 11.5. The number of nitrogens with zero attached hydrogens (tertiary/aromatic N) is 4. The molecule has 0 aliphatic rings. The van der Waals surface area contributed by atoms with Gasteiger partial charge in [-0.25, -0.2) is 0 Å². The molecule has 0 amide bonds. The number of aromatic nitrogens is 4. The molecule has 0 aliphatic carbocycles. The lowest BCUT2D eigenvalue weighted by molar-refractivity contribution is 0.684. The van der Waals surface area contributed by atoms with E-state index in [4.69, 9.17) is 11.6 Å². The van der Waals surface area contributed by atoms with E-state index in [2.05, 4.69) is 27.3 Å². The Balaban J connectivity index is 2.08. The van der Waals surface area contributed by atoms with Crippen molar-refractivity contribution in [3.63, 3.8) is 0 Å². The minimum Gasteiger partial charge on any atom is -0.369 e. The van der Waals surface area contributed by atoms with Gasteiger partial charge in [0.05, 0.1) is 11.6 Å². The van der Waals surface area contributed by atoms with E-state index < -0.39 is 0 Å². The molecule has 98 valence electrons. The van der Waals surface area contributed by atoms with Crippen LogP contribution in [0.3, 0.4) is 0 Å². The second-order valence-electron chi connectivity index (χ2n) is 4.33. The minimum atomic E-state index is 0.252. The molecule has 2 heterocycles. The third-order valence-electron chi connectivity index (χ3n) is 2.89. The number of fused-ring (bicyclic) bond motifs is 1. The van der Waals surface area contributed by atoms with E-state index in [0.29, 0.717) is 0 Å². The van der Waals surface area contributed by atoms with Crippen LogP contribution in [-0.2, 0) is 7.05 Å². The van der Waals surface area contributed by atoms with Crippen molar-refractivity contribution in [2.45, 2.75) is 32.6 Å². The maximum absolute atomic E-state index is 5.91. The Kier molecular flexibility index (Phi) is 4.36. The standard InChI is InChI=1S/C12H18ClN5/c1-3-4-5-6-7-14-10-9-8-15-18(2)11(9)17-12(13)16-10/h8H,3-7H2,1-2H3,(H,14,16,17). The lowest BCUT2D eigenvalue weighted by Gasteiger charge is -2.06. The molecule has 0 saturated carbocycles. The maximum Gasteiger partial charge on any atom is 0.226 e. The summed E-state index contributed by atoms with van der Waals surface area (Å²) in [7, 11) is 1.84. The summed E-state index contributed by atoms with van der Waals surface area (Å²) >= 11 is 5.91. The van der Waals surface area contributed by atoms with Gasteiger partial charge in [-0.2, -0.15) is 15.1 Å². The van der Waals surface area contributed by atoms with Gasteiger partial charge in [-0.05, 0) is 18.0 Å². The van der Waals surface area contributed by atoms with Crippen molar-refractivity contribution in [2.24, 2.45) is 7.05 Å². The van der Waals surface area contributed by atoms with E-state index in [0.717, 1.165) is 29.8 Å². The molecule has 0 fully saturated rings. The molecule has 0 saturated heterocycles. The topological polar surface area (TPSA) is 55.6 Å². The van der Waals surface area contributed by atoms with Crippen molar-refractivity contribution < 1.29 is 0 Å². The number of rotatable bonds is 6. The van der Waals surface area contributed by atoms with E-state index >= 15 is 0 Å². The minimum absolute atomic E-state index is 0.252. The smallest absolute Gasteiger partial charge is 0.226 e. The molecular weight excluding hydrogens is 250 g/mol. The van der Waals surface area contributed by atoms with E-state index in [1.807, 2.05) is 7.05 Å². The first-order chi connectivity index (χ1) is 8.72. The van der Waals surface area contributed by atoms with Gasteiger partial charge < -0.3 is 5.32 Å². The predicted octanol–water partition coefficient (Wildman–Crippen LogP) is 3.01. The van der Waals surface area contributed by atoms with Crippen LogP contribution in [0.15, 0.2) is 6.20 Å². The van der Waals surface area contributed by atoms with Crippen LogP contribution in [0.25, 0.3) is 11.0 Å². The molecule has 0 bridgehead atoms. The van der Waals surface area contributed by atoms with Gasteiger partial charge in [0.25, 0.3) is 0 Å². The Hall–Kier alpha value is -1.36. The molecule has 0 spiro atoms. The molecule has 2 aromatic heterocycles. The van der Waals surface area contributed by atoms with Crippen LogP contribution < -0.4 is 5.32 Å². The Morgan fingerprint density at radius 1 is 1.28 bits per heavy atom. The second kappa shape index (κ2) is 6.00. The van der Waals surface area contributed by atoms with Crippen molar-refractivity contribution >= 4 is 28.5 Å². The van der Waals surface area contributed by atoms with Crippen molar-refractivity contribution in [1.29, 1.82) is 0 Å². The SMILES string of the molecule is CCCCCCNc1nc(Cl)nc2c1cnn2C. The molecular formula is C12H18ClN5. The Labute approximate surface area is 112 Å². The monoisotopic (exact) mass is 267 g/mol. The van der Waals surface area contributed by atoms with Crippen LogP contribution in [0.4, 0.5) is 5.82 Å². The Morgan fingerprint density at radius 3 is 2.89 bits per heavy atom. The third-order valence-corrected chi connectivity index (χ3v) is 3.06. The number of unbranched alkanes of at least 4 members (excludes halogenated alkanes) is 3. The molecule has 5 nitrogen and oxygen atoms in total. The maximum atomic E-state index is 5.91. The number of hydrogen-bond acceptors (Lipinski definition) is 4. The van der Waals surface area contributed by atoms with Gasteiger partial charge in [-0.3, -0.25) is 4.68 Å². The third kappa shape index (κ3) is 2.90. The van der Waals surface area contributed by atoms with Crippen molar-refractivity contribution in [2.75, 3.05) is 11.9 Å². The molecule has 1 N–H and O–H groups in total. The van der Waals surface area contributed by atoms with Crippen LogP contribution in [0.2, 0.25) is 5.28 Å². The van der Waals surface area contributed by atoms with E-state index in [-0.39, 0.29) is 5.28 Å². The molecule has 0 unspecified atom stereocenters. The summed E-state index contributed by atoms with van der Waals surface area (Å²) in [5.41, 5.74) is 0.756. The van der Waals surface area contributed by atoms with Gasteiger partial charge in [-0.1, -0.05) is 26.2 Å². The summed E-state index contributed by atoms with van der Waals surface area (Å²) in [6.45, 7) is 3.11. The molecule has 0 aliphatic heterocycles. The molecule has 6 heteroatoms. The summed E-state index contributed by atoms with van der Waals surface area (Å²) in [4.78, 5) is 8.39. The highest BCUT2D eigenvalue weighted by Gasteiger charge is 2.09. The molecule has 2 aromatic rings. The predicted molar refractivity (Wildman–Crippen MR) is 73.9 cm³/mol. The zero-order chi connectivity index (χ0) is 13.0. The largest absolute Gasteiger partial charge is 0.369 e. The van der Waals surface area contributed by atoms with Crippen LogP contribution in [-0.4, -0.2) is 26.3 Å². The molecule has 0 aromatic carbocycles. The lowest BCUT2D eigenvalue weighted by Crippen LogP contribution is -2.05. The Morgan fingerprint density at radius 2 is 2.11 bits per heavy atom. The van der Waals surface area contributed by atoms with Crippen molar-refractivity contribution in [1.82, 2.24) is 19.7 Å². The van der Waals surface area contributed by atoms with E-state index in [9.17, 15) is 0 Å².